The monoisotopic (exact) mass is 432 g/mol. The Morgan fingerprint density at radius 3 is 2.25 bits per heavy atom. The number of hydrogen-bond donors (Lipinski definition) is 1. The SMILES string of the molecule is CC1CCN(c2ccc(NC(=O)CN3CCN(C/C=C/c4ccccc4)CC3)cc2)CC1. The van der Waals surface area contributed by atoms with Gasteiger partial charge >= 0.3 is 0 Å². The topological polar surface area (TPSA) is 38.8 Å². The van der Waals surface area contributed by atoms with Gasteiger partial charge in [-0.15, -0.1) is 0 Å². The third-order valence-corrected chi connectivity index (χ3v) is 6.61. The van der Waals surface area contributed by atoms with Gasteiger partial charge in [-0.05, 0) is 48.6 Å². The van der Waals surface area contributed by atoms with Crippen LogP contribution in [0.2, 0.25) is 0 Å². The van der Waals surface area contributed by atoms with E-state index in [1.165, 1.54) is 24.1 Å². The molecule has 0 unspecified atom stereocenters. The Morgan fingerprint density at radius 2 is 1.56 bits per heavy atom. The second-order valence-electron chi connectivity index (χ2n) is 9.15. The van der Waals surface area contributed by atoms with E-state index in [9.17, 15) is 4.79 Å². The number of benzene rings is 2. The normalized spacial score (nSPS) is 18.8. The maximum atomic E-state index is 12.5. The van der Waals surface area contributed by atoms with Gasteiger partial charge in [-0.25, -0.2) is 0 Å². The first-order valence-electron chi connectivity index (χ1n) is 12.0. The number of amides is 1. The quantitative estimate of drug-likeness (QED) is 0.712. The molecule has 0 spiro atoms. The van der Waals surface area contributed by atoms with Crippen LogP contribution in [0.25, 0.3) is 6.08 Å². The van der Waals surface area contributed by atoms with E-state index in [0.717, 1.165) is 57.4 Å². The first kappa shape index (κ1) is 22.6. The minimum Gasteiger partial charge on any atom is -0.372 e. The van der Waals surface area contributed by atoms with Crippen molar-refractivity contribution in [3.05, 3.63) is 66.2 Å². The van der Waals surface area contributed by atoms with Gasteiger partial charge in [0.2, 0.25) is 5.91 Å². The average molecular weight is 433 g/mol. The predicted octanol–water partition coefficient (Wildman–Crippen LogP) is 4.19. The summed E-state index contributed by atoms with van der Waals surface area (Å²) in [5.74, 6) is 0.902. The van der Waals surface area contributed by atoms with E-state index in [0.29, 0.717) is 6.54 Å². The highest BCUT2D eigenvalue weighted by Crippen LogP contribution is 2.24. The van der Waals surface area contributed by atoms with E-state index in [-0.39, 0.29) is 5.91 Å². The molecule has 0 aliphatic carbocycles. The van der Waals surface area contributed by atoms with Crippen molar-refractivity contribution < 1.29 is 4.79 Å². The number of hydrogen-bond acceptors (Lipinski definition) is 4. The predicted molar refractivity (Wildman–Crippen MR) is 134 cm³/mol. The van der Waals surface area contributed by atoms with Crippen LogP contribution in [0.1, 0.15) is 25.3 Å². The lowest BCUT2D eigenvalue weighted by Gasteiger charge is -2.33. The highest BCUT2D eigenvalue weighted by Gasteiger charge is 2.19. The Morgan fingerprint density at radius 1 is 0.906 bits per heavy atom. The minimum atomic E-state index is 0.0713. The zero-order valence-corrected chi connectivity index (χ0v) is 19.2. The van der Waals surface area contributed by atoms with Crippen LogP contribution in [0.15, 0.2) is 60.7 Å². The van der Waals surface area contributed by atoms with Crippen LogP contribution in [0.3, 0.4) is 0 Å². The molecular formula is C27H36N4O. The molecule has 170 valence electrons. The molecule has 32 heavy (non-hydrogen) atoms. The van der Waals surface area contributed by atoms with E-state index in [2.05, 4.69) is 75.5 Å². The molecule has 2 fully saturated rings. The molecular weight excluding hydrogens is 396 g/mol. The van der Waals surface area contributed by atoms with E-state index in [1.54, 1.807) is 0 Å². The number of piperazine rings is 1. The average Bonchev–Trinajstić information content (AvgIpc) is 2.82. The molecule has 0 radical (unpaired) electrons. The molecule has 0 bridgehead atoms. The molecule has 2 saturated heterocycles. The molecule has 1 N–H and O–H groups in total. The highest BCUT2D eigenvalue weighted by atomic mass is 16.2. The van der Waals surface area contributed by atoms with Crippen LogP contribution in [0.4, 0.5) is 11.4 Å². The van der Waals surface area contributed by atoms with Crippen molar-refractivity contribution in [2.75, 3.05) is 62.6 Å². The van der Waals surface area contributed by atoms with Gasteiger partial charge in [-0.2, -0.15) is 0 Å². The van der Waals surface area contributed by atoms with Crippen molar-refractivity contribution in [3.8, 4) is 0 Å². The summed E-state index contributed by atoms with van der Waals surface area (Å²) < 4.78 is 0. The molecule has 2 heterocycles. The van der Waals surface area contributed by atoms with Gasteiger partial charge < -0.3 is 10.2 Å². The molecule has 0 saturated carbocycles. The molecule has 1 amide bonds. The second kappa shape index (κ2) is 11.3. The summed E-state index contributed by atoms with van der Waals surface area (Å²) in [6, 6.07) is 18.7. The zero-order chi connectivity index (χ0) is 22.2. The Bertz CT molecular complexity index is 864. The van der Waals surface area contributed by atoms with Gasteiger partial charge in [0, 0.05) is 57.2 Å². The molecule has 2 aliphatic heterocycles. The maximum Gasteiger partial charge on any atom is 0.238 e. The van der Waals surface area contributed by atoms with E-state index in [4.69, 9.17) is 0 Å². The van der Waals surface area contributed by atoms with Crippen molar-refractivity contribution >= 4 is 23.4 Å². The van der Waals surface area contributed by atoms with Gasteiger partial charge in [0.05, 0.1) is 6.54 Å². The fraction of sp³-hybridized carbons (Fsp3) is 0.444. The summed E-state index contributed by atoms with van der Waals surface area (Å²) >= 11 is 0. The summed E-state index contributed by atoms with van der Waals surface area (Å²) in [4.78, 5) is 19.7. The summed E-state index contributed by atoms with van der Waals surface area (Å²) in [5, 5.41) is 3.07. The first-order valence-corrected chi connectivity index (χ1v) is 12.0. The van der Waals surface area contributed by atoms with Crippen molar-refractivity contribution in [2.45, 2.75) is 19.8 Å². The highest BCUT2D eigenvalue weighted by molar-refractivity contribution is 5.92. The standard InChI is InChI=1S/C27H36N4O/c1-23-13-16-31(17-14-23)26-11-9-25(10-12-26)28-27(32)22-30-20-18-29(19-21-30)15-5-8-24-6-3-2-4-7-24/h2-12,23H,13-22H2,1H3,(H,28,32)/b8-5+. The molecule has 0 atom stereocenters. The van der Waals surface area contributed by atoms with E-state index >= 15 is 0 Å². The number of carbonyl (C=O) groups excluding carboxylic acids is 1. The Hall–Kier alpha value is -2.63. The van der Waals surface area contributed by atoms with Crippen LogP contribution in [-0.4, -0.2) is 68.1 Å². The summed E-state index contributed by atoms with van der Waals surface area (Å²) in [5.41, 5.74) is 3.38. The summed E-state index contributed by atoms with van der Waals surface area (Å²) in [6.07, 6.45) is 6.92. The smallest absolute Gasteiger partial charge is 0.238 e. The number of nitrogens with zero attached hydrogens (tertiary/aromatic N) is 3. The Kier molecular flexibility index (Phi) is 7.97. The number of anilines is 2. The first-order chi connectivity index (χ1) is 15.7. The van der Waals surface area contributed by atoms with Crippen molar-refractivity contribution in [1.29, 1.82) is 0 Å². The number of carbonyl (C=O) groups is 1. The molecule has 4 rings (SSSR count). The van der Waals surface area contributed by atoms with Crippen LogP contribution in [0.5, 0.6) is 0 Å². The van der Waals surface area contributed by atoms with Gasteiger partial charge in [-0.3, -0.25) is 14.6 Å². The van der Waals surface area contributed by atoms with Gasteiger partial charge in [0.15, 0.2) is 0 Å². The fourth-order valence-electron chi connectivity index (χ4n) is 4.46. The number of rotatable bonds is 7. The van der Waals surface area contributed by atoms with Crippen molar-refractivity contribution in [1.82, 2.24) is 9.80 Å². The number of nitrogens with one attached hydrogen (secondary N) is 1. The summed E-state index contributed by atoms with van der Waals surface area (Å²) in [7, 11) is 0. The Balaban J connectivity index is 1.16. The van der Waals surface area contributed by atoms with Gasteiger partial charge in [0.1, 0.15) is 0 Å². The van der Waals surface area contributed by atoms with Crippen LogP contribution in [-0.2, 0) is 4.79 Å². The third kappa shape index (κ3) is 6.68. The molecule has 5 heteroatoms. The largest absolute Gasteiger partial charge is 0.372 e. The van der Waals surface area contributed by atoms with Crippen LogP contribution >= 0.6 is 0 Å². The Labute approximate surface area is 192 Å². The van der Waals surface area contributed by atoms with Crippen molar-refractivity contribution in [3.63, 3.8) is 0 Å². The molecule has 2 aliphatic rings. The zero-order valence-electron chi connectivity index (χ0n) is 19.2. The van der Waals surface area contributed by atoms with E-state index in [1.807, 2.05) is 18.2 Å². The molecule has 5 nitrogen and oxygen atoms in total. The van der Waals surface area contributed by atoms with Gasteiger partial charge in [-0.1, -0.05) is 49.4 Å². The lowest BCUT2D eigenvalue weighted by molar-refractivity contribution is -0.117. The van der Waals surface area contributed by atoms with Crippen LogP contribution < -0.4 is 10.2 Å². The molecule has 0 aromatic heterocycles. The van der Waals surface area contributed by atoms with Crippen LogP contribution in [0, 0.1) is 5.92 Å². The lowest BCUT2D eigenvalue weighted by Crippen LogP contribution is -2.48. The molecule has 2 aromatic rings. The fourth-order valence-corrected chi connectivity index (χ4v) is 4.46. The third-order valence-electron chi connectivity index (χ3n) is 6.61. The second-order valence-corrected chi connectivity index (χ2v) is 9.15. The lowest BCUT2D eigenvalue weighted by atomic mass is 9.99. The van der Waals surface area contributed by atoms with Gasteiger partial charge in [0.25, 0.3) is 0 Å². The number of piperidine rings is 1. The summed E-state index contributed by atoms with van der Waals surface area (Å²) in [6.45, 7) is 9.85. The maximum absolute atomic E-state index is 12.5. The molecule has 2 aromatic carbocycles. The minimum absolute atomic E-state index is 0.0713. The van der Waals surface area contributed by atoms with Crippen molar-refractivity contribution in [2.24, 2.45) is 5.92 Å². The van der Waals surface area contributed by atoms with E-state index < -0.39 is 0 Å².